The Balaban J connectivity index is 5.45. The standard InChI is InChI=1S/C2H8O6S2Si/c1-11(2,9(3,4)5)10(6,7)8/h1-2H3,(H,3,4,5)(H,6,7,8). The highest BCUT2D eigenvalue weighted by molar-refractivity contribution is 8.47. The molecule has 0 atom stereocenters. The van der Waals surface area contributed by atoms with Crippen LogP contribution in [0.1, 0.15) is 0 Å². The third-order valence-electron chi connectivity index (χ3n) is 1.24. The van der Waals surface area contributed by atoms with Gasteiger partial charge in [0.25, 0.3) is 0 Å². The second-order valence-electron chi connectivity index (χ2n) is 2.35. The number of hydrogen-bond acceptors (Lipinski definition) is 4. The van der Waals surface area contributed by atoms with Crippen molar-refractivity contribution in [3.8, 4) is 0 Å². The molecule has 0 saturated heterocycles. The van der Waals surface area contributed by atoms with Crippen LogP contribution in [0.3, 0.4) is 0 Å². The van der Waals surface area contributed by atoms with Crippen LogP contribution >= 0.6 is 0 Å². The highest BCUT2D eigenvalue weighted by Gasteiger charge is 2.50. The van der Waals surface area contributed by atoms with E-state index in [1.54, 1.807) is 0 Å². The molecule has 0 rings (SSSR count). The van der Waals surface area contributed by atoms with E-state index in [0.29, 0.717) is 0 Å². The molecule has 0 saturated carbocycles. The molecule has 0 amide bonds. The SMILES string of the molecule is C[Si](C)(S(=O)(=O)O)S(=O)(=O)O. The molecule has 0 aliphatic rings. The van der Waals surface area contributed by atoms with Crippen LogP contribution in [0.25, 0.3) is 0 Å². The van der Waals surface area contributed by atoms with Gasteiger partial charge in [0.1, 0.15) is 0 Å². The molecule has 0 radical (unpaired) electrons. The number of rotatable bonds is 2. The van der Waals surface area contributed by atoms with Crippen molar-refractivity contribution in [1.82, 2.24) is 0 Å². The first-order valence-electron chi connectivity index (χ1n) is 2.44. The van der Waals surface area contributed by atoms with Crippen molar-refractivity contribution in [1.29, 1.82) is 0 Å². The smallest absolute Gasteiger partial charge is 0.290 e. The minimum atomic E-state index is -4.66. The molecule has 2 N–H and O–H groups in total. The van der Waals surface area contributed by atoms with E-state index < -0.39 is 25.5 Å². The van der Waals surface area contributed by atoms with Crippen molar-refractivity contribution in [3.05, 3.63) is 0 Å². The zero-order chi connectivity index (χ0) is 9.50. The molecule has 0 aromatic carbocycles. The molecule has 0 aromatic heterocycles. The molecule has 0 bridgehead atoms. The van der Waals surface area contributed by atoms with Gasteiger partial charge in [-0.1, -0.05) is 0 Å². The van der Waals surface area contributed by atoms with E-state index in [2.05, 4.69) is 0 Å². The van der Waals surface area contributed by atoms with E-state index in [0.717, 1.165) is 13.1 Å². The van der Waals surface area contributed by atoms with Crippen molar-refractivity contribution >= 4 is 25.5 Å². The van der Waals surface area contributed by atoms with Gasteiger partial charge in [0, 0.05) is 0 Å². The molecule has 0 fully saturated rings. The summed E-state index contributed by atoms with van der Waals surface area (Å²) in [6.45, 7) is 1.63. The normalized spacial score (nSPS) is 14.9. The maximum absolute atomic E-state index is 10.4. The molecule has 6 nitrogen and oxygen atoms in total. The summed E-state index contributed by atoms with van der Waals surface area (Å²) in [7, 11) is -9.32. The van der Waals surface area contributed by atoms with E-state index in [1.807, 2.05) is 0 Å². The summed E-state index contributed by atoms with van der Waals surface area (Å²) in [4.78, 5) is 0. The van der Waals surface area contributed by atoms with Crippen LogP contribution in [0.4, 0.5) is 0 Å². The van der Waals surface area contributed by atoms with Crippen LogP contribution in [-0.4, -0.2) is 32.3 Å². The highest BCUT2D eigenvalue weighted by atomic mass is 32.6. The summed E-state index contributed by atoms with van der Waals surface area (Å²) in [6, 6.07) is 0. The van der Waals surface area contributed by atoms with Gasteiger partial charge in [-0.05, 0) is 13.1 Å². The maximum Gasteiger partial charge on any atom is 0.389 e. The lowest BCUT2D eigenvalue weighted by Gasteiger charge is -2.12. The average molecular weight is 220 g/mol. The first-order valence-corrected chi connectivity index (χ1v) is 9.77. The quantitative estimate of drug-likeness (QED) is 0.478. The highest BCUT2D eigenvalue weighted by Crippen LogP contribution is 2.15. The van der Waals surface area contributed by atoms with Crippen molar-refractivity contribution in [2.75, 3.05) is 0 Å². The van der Waals surface area contributed by atoms with Gasteiger partial charge in [-0.15, -0.1) is 0 Å². The second kappa shape index (κ2) is 2.52. The van der Waals surface area contributed by atoms with Crippen LogP contribution in [0.15, 0.2) is 0 Å². The van der Waals surface area contributed by atoms with E-state index in [9.17, 15) is 16.8 Å². The Morgan fingerprint density at radius 1 is 0.909 bits per heavy atom. The monoisotopic (exact) mass is 220 g/mol. The molecule has 0 heterocycles. The molecule has 11 heavy (non-hydrogen) atoms. The zero-order valence-electron chi connectivity index (χ0n) is 5.84. The lowest BCUT2D eigenvalue weighted by molar-refractivity contribution is 0.491. The summed E-state index contributed by atoms with van der Waals surface area (Å²) >= 11 is 0. The third kappa shape index (κ3) is 1.99. The fourth-order valence-electron chi connectivity index (χ4n) is 0.133. The summed E-state index contributed by atoms with van der Waals surface area (Å²) in [6.07, 6.45) is -4.05. The van der Waals surface area contributed by atoms with Crippen molar-refractivity contribution in [3.63, 3.8) is 0 Å². The van der Waals surface area contributed by atoms with Gasteiger partial charge in [-0.2, -0.15) is 0 Å². The van der Waals surface area contributed by atoms with E-state index in [1.165, 1.54) is 0 Å². The zero-order valence-corrected chi connectivity index (χ0v) is 8.48. The Morgan fingerprint density at radius 2 is 1.09 bits per heavy atom. The van der Waals surface area contributed by atoms with Crippen LogP contribution < -0.4 is 0 Å². The van der Waals surface area contributed by atoms with Gasteiger partial charge >= 0.3 is 6.37 Å². The lowest BCUT2D eigenvalue weighted by Crippen LogP contribution is -2.45. The van der Waals surface area contributed by atoms with Gasteiger partial charge < -0.3 is 0 Å². The predicted molar refractivity (Wildman–Crippen MR) is 40.6 cm³/mol. The molecule has 68 valence electrons. The van der Waals surface area contributed by atoms with Gasteiger partial charge in [0.2, 0.25) is 19.1 Å². The second-order valence-corrected chi connectivity index (χ2v) is 17.0. The molecular weight excluding hydrogens is 212 g/mol. The Kier molecular flexibility index (Phi) is 2.53. The fourth-order valence-corrected chi connectivity index (χ4v) is 3.59. The van der Waals surface area contributed by atoms with E-state index in [-0.39, 0.29) is 0 Å². The Hall–Kier alpha value is 0.0369. The fraction of sp³-hybridized carbons (Fsp3) is 1.00. The molecular formula is C2H8O6S2Si. The predicted octanol–water partition coefficient (Wildman–Crippen LogP) is -0.536. The summed E-state index contributed by atoms with van der Waals surface area (Å²) in [5.74, 6) is 0. The van der Waals surface area contributed by atoms with Crippen LogP contribution in [0.5, 0.6) is 0 Å². The summed E-state index contributed by atoms with van der Waals surface area (Å²) in [5.41, 5.74) is 0. The van der Waals surface area contributed by atoms with Crippen molar-refractivity contribution in [2.45, 2.75) is 13.1 Å². The minimum absolute atomic E-state index is 0.817. The van der Waals surface area contributed by atoms with Crippen LogP contribution in [0.2, 0.25) is 13.1 Å². The molecule has 0 aliphatic heterocycles. The first kappa shape index (κ1) is 11.0. The Labute approximate surface area is 65.0 Å². The van der Waals surface area contributed by atoms with Crippen LogP contribution in [-0.2, 0) is 19.1 Å². The van der Waals surface area contributed by atoms with Gasteiger partial charge in [0.15, 0.2) is 0 Å². The molecule has 0 aromatic rings. The summed E-state index contributed by atoms with van der Waals surface area (Å²) in [5, 5.41) is 0. The topological polar surface area (TPSA) is 109 Å². The van der Waals surface area contributed by atoms with Crippen LogP contribution in [0, 0.1) is 0 Å². The Morgan fingerprint density at radius 3 is 1.09 bits per heavy atom. The van der Waals surface area contributed by atoms with E-state index >= 15 is 0 Å². The Bertz CT molecular complexity index is 301. The summed E-state index contributed by atoms with van der Waals surface area (Å²) < 4.78 is 58.3. The molecule has 0 aliphatic carbocycles. The molecule has 0 spiro atoms. The largest absolute Gasteiger partial charge is 0.389 e. The maximum atomic E-state index is 10.4. The third-order valence-corrected chi connectivity index (χ3v) is 15.0. The van der Waals surface area contributed by atoms with Gasteiger partial charge in [0.05, 0.1) is 0 Å². The minimum Gasteiger partial charge on any atom is -0.290 e. The van der Waals surface area contributed by atoms with Gasteiger partial charge in [-0.25, -0.2) is 16.8 Å². The van der Waals surface area contributed by atoms with E-state index in [4.69, 9.17) is 9.11 Å². The molecule has 9 heteroatoms. The lowest BCUT2D eigenvalue weighted by atomic mass is 11.9. The number of hydrogen-bond donors (Lipinski definition) is 2. The van der Waals surface area contributed by atoms with Crippen molar-refractivity contribution in [2.24, 2.45) is 0 Å². The van der Waals surface area contributed by atoms with Crippen molar-refractivity contribution < 1.29 is 25.9 Å². The first-order chi connectivity index (χ1) is 4.50. The molecule has 0 unspecified atom stereocenters. The average Bonchev–Trinajstić information content (AvgIpc) is 1.58. The van der Waals surface area contributed by atoms with Gasteiger partial charge in [-0.3, -0.25) is 9.11 Å².